The number of fused-ring (bicyclic) bond motifs is 1. The van der Waals surface area contributed by atoms with Crippen LogP contribution in [-0.4, -0.2) is 31.0 Å². The molecule has 1 saturated heterocycles. The number of aromatic nitrogens is 1. The van der Waals surface area contributed by atoms with Crippen LogP contribution < -0.4 is 10.2 Å². The topological polar surface area (TPSA) is 45.2 Å². The number of hydrogen-bond acceptors (Lipinski definition) is 4. The number of rotatable bonds is 2. The molecule has 2 aromatic rings. The monoisotopic (exact) mass is 313 g/mol. The van der Waals surface area contributed by atoms with Gasteiger partial charge >= 0.3 is 0 Å². The molecule has 0 spiro atoms. The van der Waals surface area contributed by atoms with Crippen molar-refractivity contribution in [3.05, 3.63) is 33.6 Å². The van der Waals surface area contributed by atoms with E-state index < -0.39 is 0 Å². The zero-order chi connectivity index (χ0) is 15.3. The Morgan fingerprint density at radius 2 is 2.27 bits per heavy atom. The first kappa shape index (κ1) is 13.9. The first-order chi connectivity index (χ1) is 10.6. The molecule has 1 fully saturated rings. The first-order valence-electron chi connectivity index (χ1n) is 7.71. The Morgan fingerprint density at radius 1 is 1.41 bits per heavy atom. The normalized spacial score (nSPS) is 20.7. The van der Waals surface area contributed by atoms with E-state index in [0.29, 0.717) is 12.3 Å². The molecule has 4 rings (SSSR count). The number of nitrogens with one attached hydrogen (secondary N) is 1. The summed E-state index contributed by atoms with van der Waals surface area (Å²) in [6.45, 7) is 4.27. The van der Waals surface area contributed by atoms with Crippen LogP contribution in [0.3, 0.4) is 0 Å². The van der Waals surface area contributed by atoms with Gasteiger partial charge in [-0.25, -0.2) is 4.98 Å². The minimum Gasteiger partial charge on any atom is -0.316 e. The largest absolute Gasteiger partial charge is 0.316 e. The molecule has 4 nitrogen and oxygen atoms in total. The molecule has 1 unspecified atom stereocenters. The molecule has 5 heteroatoms. The highest BCUT2D eigenvalue weighted by Crippen LogP contribution is 2.36. The van der Waals surface area contributed by atoms with Crippen molar-refractivity contribution in [1.29, 1.82) is 0 Å². The van der Waals surface area contributed by atoms with Crippen molar-refractivity contribution in [2.24, 2.45) is 0 Å². The quantitative estimate of drug-likeness (QED) is 0.927. The van der Waals surface area contributed by atoms with Crippen molar-refractivity contribution in [2.45, 2.75) is 25.7 Å². The molecule has 2 aliphatic heterocycles. The number of thiazole rings is 1. The predicted octanol–water partition coefficient (Wildman–Crippen LogP) is 2.71. The van der Waals surface area contributed by atoms with Crippen molar-refractivity contribution in [3.8, 4) is 11.3 Å². The Morgan fingerprint density at radius 3 is 3.05 bits per heavy atom. The molecule has 1 atom stereocenters. The third-order valence-corrected chi connectivity index (χ3v) is 5.79. The maximum Gasteiger partial charge on any atom is 0.231 e. The van der Waals surface area contributed by atoms with Crippen LogP contribution in [0.5, 0.6) is 0 Å². The molecule has 1 N–H and O–H groups in total. The van der Waals surface area contributed by atoms with Crippen molar-refractivity contribution >= 4 is 22.9 Å². The molecule has 0 bridgehead atoms. The number of carbonyl (C=O) groups is 1. The summed E-state index contributed by atoms with van der Waals surface area (Å²) >= 11 is 1.81. The van der Waals surface area contributed by atoms with Gasteiger partial charge in [-0.1, -0.05) is 6.07 Å². The Balaban J connectivity index is 1.71. The number of amides is 1. The van der Waals surface area contributed by atoms with E-state index >= 15 is 0 Å². The standard InChI is InChI=1S/C17H19N3OS/c1-10-16(19-17(22-10)12-5-6-18-9-12)11-3-4-14-13(7-11)8-15(21)20(14)2/h3-4,7,12,18H,5-6,8-9H2,1-2H3. The second-order valence-corrected chi connectivity index (χ2v) is 7.35. The summed E-state index contributed by atoms with van der Waals surface area (Å²) in [6, 6.07) is 6.27. The molecule has 3 heterocycles. The second-order valence-electron chi connectivity index (χ2n) is 6.12. The lowest BCUT2D eigenvalue weighted by Crippen LogP contribution is -2.20. The highest BCUT2D eigenvalue weighted by Gasteiger charge is 2.26. The fraction of sp³-hybridized carbons (Fsp3) is 0.412. The number of carbonyl (C=O) groups excluding carboxylic acids is 1. The number of benzene rings is 1. The lowest BCUT2D eigenvalue weighted by atomic mass is 10.1. The molecule has 2 aliphatic rings. The van der Waals surface area contributed by atoms with E-state index in [9.17, 15) is 4.79 Å². The summed E-state index contributed by atoms with van der Waals surface area (Å²) in [6.07, 6.45) is 1.68. The van der Waals surface area contributed by atoms with Crippen molar-refractivity contribution < 1.29 is 4.79 Å². The minimum absolute atomic E-state index is 0.167. The zero-order valence-electron chi connectivity index (χ0n) is 12.8. The van der Waals surface area contributed by atoms with Gasteiger partial charge in [-0.2, -0.15) is 0 Å². The minimum atomic E-state index is 0.167. The molecule has 114 valence electrons. The third kappa shape index (κ3) is 2.16. The summed E-state index contributed by atoms with van der Waals surface area (Å²) in [5.74, 6) is 0.722. The van der Waals surface area contributed by atoms with Crippen molar-refractivity contribution in [3.63, 3.8) is 0 Å². The molecule has 1 aromatic carbocycles. The number of aryl methyl sites for hydroxylation is 1. The molecule has 1 aromatic heterocycles. The summed E-state index contributed by atoms with van der Waals surface area (Å²) < 4.78 is 0. The van der Waals surface area contributed by atoms with E-state index in [-0.39, 0.29) is 5.91 Å². The van der Waals surface area contributed by atoms with Gasteiger partial charge in [-0.05, 0) is 37.6 Å². The number of hydrogen-bond donors (Lipinski definition) is 1. The van der Waals surface area contributed by atoms with Crippen molar-refractivity contribution in [1.82, 2.24) is 10.3 Å². The maximum absolute atomic E-state index is 11.8. The predicted molar refractivity (Wildman–Crippen MR) is 89.6 cm³/mol. The second kappa shape index (κ2) is 5.18. The van der Waals surface area contributed by atoms with Crippen LogP contribution in [0.15, 0.2) is 18.2 Å². The van der Waals surface area contributed by atoms with Gasteiger partial charge in [-0.3, -0.25) is 4.79 Å². The Labute approximate surface area is 134 Å². The van der Waals surface area contributed by atoms with E-state index in [1.165, 1.54) is 16.3 Å². The van der Waals surface area contributed by atoms with Crippen LogP contribution in [0.25, 0.3) is 11.3 Å². The molecule has 0 saturated carbocycles. The Bertz CT molecular complexity index is 746. The molecule has 0 radical (unpaired) electrons. The van der Waals surface area contributed by atoms with Gasteiger partial charge in [0.1, 0.15) is 0 Å². The molecular formula is C17H19N3OS. The summed E-state index contributed by atoms with van der Waals surface area (Å²) in [5.41, 5.74) is 4.35. The zero-order valence-corrected chi connectivity index (χ0v) is 13.7. The van der Waals surface area contributed by atoms with Crippen LogP contribution in [-0.2, 0) is 11.2 Å². The Hall–Kier alpha value is -1.72. The van der Waals surface area contributed by atoms with E-state index in [1.54, 1.807) is 4.90 Å². The summed E-state index contributed by atoms with van der Waals surface area (Å²) in [5, 5.41) is 4.65. The smallest absolute Gasteiger partial charge is 0.231 e. The van der Waals surface area contributed by atoms with Gasteiger partial charge in [0.2, 0.25) is 5.91 Å². The van der Waals surface area contributed by atoms with Gasteiger partial charge in [0.05, 0.1) is 17.1 Å². The highest BCUT2D eigenvalue weighted by atomic mass is 32.1. The molecule has 0 aliphatic carbocycles. The summed E-state index contributed by atoms with van der Waals surface area (Å²) in [7, 11) is 1.84. The third-order valence-electron chi connectivity index (χ3n) is 4.65. The SMILES string of the molecule is Cc1sc(C2CCNC2)nc1-c1ccc2c(c1)CC(=O)N2C. The number of likely N-dealkylation sites (N-methyl/N-ethyl adjacent to an activating group) is 1. The highest BCUT2D eigenvalue weighted by molar-refractivity contribution is 7.12. The van der Waals surface area contributed by atoms with Crippen LogP contribution in [0.2, 0.25) is 0 Å². The lowest BCUT2D eigenvalue weighted by Gasteiger charge is -2.10. The van der Waals surface area contributed by atoms with Gasteiger partial charge in [0, 0.05) is 35.6 Å². The summed E-state index contributed by atoms with van der Waals surface area (Å²) in [4.78, 5) is 19.7. The van der Waals surface area contributed by atoms with E-state index in [0.717, 1.165) is 35.6 Å². The van der Waals surface area contributed by atoms with Gasteiger partial charge in [0.25, 0.3) is 0 Å². The van der Waals surface area contributed by atoms with Crippen LogP contribution >= 0.6 is 11.3 Å². The maximum atomic E-state index is 11.8. The van der Waals surface area contributed by atoms with E-state index in [1.807, 2.05) is 24.5 Å². The number of anilines is 1. The Kier molecular flexibility index (Phi) is 3.27. The van der Waals surface area contributed by atoms with Crippen LogP contribution in [0.1, 0.15) is 27.8 Å². The fourth-order valence-corrected chi connectivity index (χ4v) is 4.42. The van der Waals surface area contributed by atoms with Crippen LogP contribution in [0.4, 0.5) is 5.69 Å². The first-order valence-corrected chi connectivity index (χ1v) is 8.53. The number of nitrogens with zero attached hydrogens (tertiary/aromatic N) is 2. The van der Waals surface area contributed by atoms with Gasteiger partial charge < -0.3 is 10.2 Å². The molecule has 1 amide bonds. The molecule has 22 heavy (non-hydrogen) atoms. The van der Waals surface area contributed by atoms with Crippen molar-refractivity contribution in [2.75, 3.05) is 25.0 Å². The average molecular weight is 313 g/mol. The van der Waals surface area contributed by atoms with Gasteiger partial charge in [0.15, 0.2) is 0 Å². The van der Waals surface area contributed by atoms with Gasteiger partial charge in [-0.15, -0.1) is 11.3 Å². The molecular weight excluding hydrogens is 294 g/mol. The fourth-order valence-electron chi connectivity index (χ4n) is 3.34. The average Bonchev–Trinajstić information content (AvgIpc) is 3.20. The lowest BCUT2D eigenvalue weighted by molar-refractivity contribution is -0.117. The van der Waals surface area contributed by atoms with Crippen LogP contribution in [0, 0.1) is 6.92 Å². The van der Waals surface area contributed by atoms with E-state index in [2.05, 4.69) is 24.4 Å². The van der Waals surface area contributed by atoms with E-state index in [4.69, 9.17) is 4.98 Å².